The largest absolute Gasteiger partial charge is 0.375 e. The Hall–Kier alpha value is -1.39. The summed E-state index contributed by atoms with van der Waals surface area (Å²) in [6.07, 6.45) is 0.0177. The predicted octanol–water partition coefficient (Wildman–Crippen LogP) is 3.74. The van der Waals surface area contributed by atoms with E-state index in [4.69, 9.17) is 10.5 Å². The Morgan fingerprint density at radius 3 is 2.50 bits per heavy atom. The van der Waals surface area contributed by atoms with Crippen LogP contribution in [0, 0.1) is 0 Å². The minimum absolute atomic E-state index is 0.0177. The Kier molecular flexibility index (Phi) is 3.68. The van der Waals surface area contributed by atoms with Crippen molar-refractivity contribution in [3.63, 3.8) is 0 Å². The van der Waals surface area contributed by atoms with E-state index in [0.717, 1.165) is 11.3 Å². The second-order valence-electron chi connectivity index (χ2n) is 4.75. The molecule has 0 radical (unpaired) electrons. The smallest absolute Gasteiger partial charge is 0.180 e. The van der Waals surface area contributed by atoms with Crippen LogP contribution < -0.4 is 5.73 Å². The topological polar surface area (TPSA) is 48.1 Å². The van der Waals surface area contributed by atoms with Gasteiger partial charge in [-0.25, -0.2) is 4.98 Å². The van der Waals surface area contributed by atoms with Crippen molar-refractivity contribution in [1.29, 1.82) is 0 Å². The highest BCUT2D eigenvalue weighted by Gasteiger charge is 2.27. The number of benzene rings is 1. The van der Waals surface area contributed by atoms with E-state index in [1.807, 2.05) is 44.4 Å². The van der Waals surface area contributed by atoms with Crippen molar-refractivity contribution in [1.82, 2.24) is 4.98 Å². The van der Waals surface area contributed by atoms with E-state index in [2.05, 4.69) is 17.1 Å². The third-order valence-corrected chi connectivity index (χ3v) is 3.55. The molecule has 1 heterocycles. The number of rotatable bonds is 4. The SMILES string of the molecule is C[C@H](OC(C)(C)c1csc(N)n1)c1ccccc1. The Morgan fingerprint density at radius 1 is 1.28 bits per heavy atom. The van der Waals surface area contributed by atoms with E-state index < -0.39 is 5.60 Å². The molecule has 1 atom stereocenters. The summed E-state index contributed by atoms with van der Waals surface area (Å²) in [6.45, 7) is 6.08. The van der Waals surface area contributed by atoms with Gasteiger partial charge in [0.2, 0.25) is 0 Å². The molecule has 0 aliphatic heterocycles. The molecule has 0 aliphatic carbocycles. The average Bonchev–Trinajstić information content (AvgIpc) is 2.77. The van der Waals surface area contributed by atoms with Crippen LogP contribution in [0.2, 0.25) is 0 Å². The lowest BCUT2D eigenvalue weighted by molar-refractivity contribution is -0.0724. The average molecular weight is 262 g/mol. The van der Waals surface area contributed by atoms with E-state index in [1.54, 1.807) is 0 Å². The molecule has 1 aromatic carbocycles. The first-order valence-corrected chi connectivity index (χ1v) is 6.81. The molecule has 2 N–H and O–H groups in total. The van der Waals surface area contributed by atoms with Crippen LogP contribution in [0.1, 0.15) is 38.1 Å². The third-order valence-electron chi connectivity index (χ3n) is 2.88. The fourth-order valence-electron chi connectivity index (χ4n) is 1.86. The maximum Gasteiger partial charge on any atom is 0.180 e. The Morgan fingerprint density at radius 2 is 1.94 bits per heavy atom. The zero-order chi connectivity index (χ0) is 13.2. The first-order chi connectivity index (χ1) is 8.49. The van der Waals surface area contributed by atoms with Crippen molar-refractivity contribution >= 4 is 16.5 Å². The standard InChI is InChI=1S/C14H18N2OS/c1-10(11-7-5-4-6-8-11)17-14(2,3)12-9-18-13(15)16-12/h4-10H,1-3H3,(H2,15,16)/t10-/m0/s1. The minimum atomic E-state index is -0.441. The number of thiazole rings is 1. The molecule has 1 aromatic heterocycles. The number of nitrogen functional groups attached to an aromatic ring is 1. The fraction of sp³-hybridized carbons (Fsp3) is 0.357. The molecule has 2 aromatic rings. The van der Waals surface area contributed by atoms with E-state index >= 15 is 0 Å². The summed E-state index contributed by atoms with van der Waals surface area (Å²) in [5, 5.41) is 2.53. The predicted molar refractivity (Wildman–Crippen MR) is 75.5 cm³/mol. The Labute approximate surface area is 112 Å². The molecule has 2 rings (SSSR count). The zero-order valence-corrected chi connectivity index (χ0v) is 11.7. The molecule has 0 saturated heterocycles. The first-order valence-electron chi connectivity index (χ1n) is 5.93. The summed E-state index contributed by atoms with van der Waals surface area (Å²) in [7, 11) is 0. The van der Waals surface area contributed by atoms with Gasteiger partial charge in [-0.3, -0.25) is 0 Å². The van der Waals surface area contributed by atoms with Gasteiger partial charge in [0.1, 0.15) is 5.60 Å². The summed E-state index contributed by atoms with van der Waals surface area (Å²) in [4.78, 5) is 4.30. The van der Waals surface area contributed by atoms with Crippen LogP contribution in [0.15, 0.2) is 35.7 Å². The zero-order valence-electron chi connectivity index (χ0n) is 10.9. The van der Waals surface area contributed by atoms with Crippen molar-refractivity contribution in [2.75, 3.05) is 5.73 Å². The molecule has 4 heteroatoms. The summed E-state index contributed by atoms with van der Waals surface area (Å²) in [5.74, 6) is 0. The molecular formula is C14H18N2OS. The molecule has 0 spiro atoms. The summed E-state index contributed by atoms with van der Waals surface area (Å²) in [5.41, 5.74) is 7.27. The highest BCUT2D eigenvalue weighted by molar-refractivity contribution is 7.13. The molecular weight excluding hydrogens is 244 g/mol. The number of nitrogens with two attached hydrogens (primary N) is 1. The van der Waals surface area contributed by atoms with Crippen molar-refractivity contribution < 1.29 is 4.74 Å². The molecule has 18 heavy (non-hydrogen) atoms. The van der Waals surface area contributed by atoms with Gasteiger partial charge < -0.3 is 10.5 Å². The van der Waals surface area contributed by atoms with Crippen LogP contribution >= 0.6 is 11.3 Å². The molecule has 0 fully saturated rings. The number of nitrogens with zero attached hydrogens (tertiary/aromatic N) is 1. The molecule has 0 amide bonds. The number of hydrogen-bond acceptors (Lipinski definition) is 4. The maximum absolute atomic E-state index is 6.11. The molecule has 3 nitrogen and oxygen atoms in total. The van der Waals surface area contributed by atoms with Crippen LogP contribution in [0.25, 0.3) is 0 Å². The van der Waals surface area contributed by atoms with Gasteiger partial charge in [0, 0.05) is 5.38 Å². The quantitative estimate of drug-likeness (QED) is 0.913. The number of aromatic nitrogens is 1. The van der Waals surface area contributed by atoms with Crippen molar-refractivity contribution in [3.8, 4) is 0 Å². The van der Waals surface area contributed by atoms with Crippen LogP contribution in [0.5, 0.6) is 0 Å². The van der Waals surface area contributed by atoms with Gasteiger partial charge in [0.15, 0.2) is 5.13 Å². The summed E-state index contributed by atoms with van der Waals surface area (Å²) < 4.78 is 6.11. The first kappa shape index (κ1) is 13.1. The van der Waals surface area contributed by atoms with E-state index in [9.17, 15) is 0 Å². The van der Waals surface area contributed by atoms with Crippen LogP contribution in [-0.4, -0.2) is 4.98 Å². The van der Waals surface area contributed by atoms with E-state index in [-0.39, 0.29) is 6.10 Å². The minimum Gasteiger partial charge on any atom is -0.375 e. The monoisotopic (exact) mass is 262 g/mol. The van der Waals surface area contributed by atoms with Gasteiger partial charge in [-0.05, 0) is 26.3 Å². The highest BCUT2D eigenvalue weighted by Crippen LogP contribution is 2.32. The molecule has 0 bridgehead atoms. The molecule has 0 saturated carbocycles. The molecule has 0 unspecified atom stereocenters. The number of anilines is 1. The van der Waals surface area contributed by atoms with Gasteiger partial charge in [0.25, 0.3) is 0 Å². The van der Waals surface area contributed by atoms with E-state index in [0.29, 0.717) is 5.13 Å². The van der Waals surface area contributed by atoms with Gasteiger partial charge in [-0.2, -0.15) is 0 Å². The highest BCUT2D eigenvalue weighted by atomic mass is 32.1. The summed E-state index contributed by atoms with van der Waals surface area (Å²) in [6, 6.07) is 10.2. The normalized spacial score (nSPS) is 13.5. The number of ether oxygens (including phenoxy) is 1. The lowest BCUT2D eigenvalue weighted by Gasteiger charge is -2.28. The number of hydrogen-bond donors (Lipinski definition) is 1. The van der Waals surface area contributed by atoms with Gasteiger partial charge >= 0.3 is 0 Å². The van der Waals surface area contributed by atoms with Crippen LogP contribution in [0.4, 0.5) is 5.13 Å². The van der Waals surface area contributed by atoms with Crippen molar-refractivity contribution in [3.05, 3.63) is 47.0 Å². The maximum atomic E-state index is 6.11. The van der Waals surface area contributed by atoms with Gasteiger partial charge in [0.05, 0.1) is 11.8 Å². The van der Waals surface area contributed by atoms with E-state index in [1.165, 1.54) is 11.3 Å². The Balaban J connectivity index is 2.13. The third kappa shape index (κ3) is 2.89. The Bertz CT molecular complexity index is 508. The van der Waals surface area contributed by atoms with Gasteiger partial charge in [-0.15, -0.1) is 11.3 Å². The lowest BCUT2D eigenvalue weighted by Crippen LogP contribution is -2.24. The van der Waals surface area contributed by atoms with Crippen LogP contribution in [-0.2, 0) is 10.3 Å². The fourth-order valence-corrected chi connectivity index (χ4v) is 2.58. The van der Waals surface area contributed by atoms with Gasteiger partial charge in [-0.1, -0.05) is 30.3 Å². The van der Waals surface area contributed by atoms with Crippen LogP contribution in [0.3, 0.4) is 0 Å². The van der Waals surface area contributed by atoms with Crippen molar-refractivity contribution in [2.24, 2.45) is 0 Å². The second-order valence-corrected chi connectivity index (χ2v) is 5.64. The molecule has 0 aliphatic rings. The van der Waals surface area contributed by atoms with Crippen molar-refractivity contribution in [2.45, 2.75) is 32.5 Å². The summed E-state index contributed by atoms with van der Waals surface area (Å²) >= 11 is 1.44. The lowest BCUT2D eigenvalue weighted by atomic mass is 10.0. The second kappa shape index (κ2) is 5.08. The molecule has 96 valence electrons.